The minimum atomic E-state index is -0.131. The Morgan fingerprint density at radius 1 is 0.880 bits per heavy atom. The van der Waals surface area contributed by atoms with Gasteiger partial charge >= 0.3 is 155 Å². The van der Waals surface area contributed by atoms with Crippen LogP contribution >= 0.6 is 0 Å². The fourth-order valence-corrected chi connectivity index (χ4v) is 4.87. The topological polar surface area (TPSA) is 26.3 Å². The zero-order valence-corrected chi connectivity index (χ0v) is 15.8. The van der Waals surface area contributed by atoms with Crippen LogP contribution in [0.15, 0.2) is 84.9 Å². The molecule has 0 spiro atoms. The second-order valence-corrected chi connectivity index (χ2v) is 7.97. The normalized spacial score (nSPS) is 11.7. The third-order valence-corrected chi connectivity index (χ3v) is 6.37. The molecular formula is C22H20O2Se. The molecule has 0 fully saturated rings. The average Bonchev–Trinajstić information content (AvgIpc) is 2.70. The van der Waals surface area contributed by atoms with Gasteiger partial charge < -0.3 is 0 Å². The molecule has 0 radical (unpaired) electrons. The van der Waals surface area contributed by atoms with Gasteiger partial charge in [0.15, 0.2) is 0 Å². The van der Waals surface area contributed by atoms with Gasteiger partial charge in [-0.3, -0.25) is 0 Å². The summed E-state index contributed by atoms with van der Waals surface area (Å²) in [7, 11) is 1.65. The predicted octanol–water partition coefficient (Wildman–Crippen LogP) is 4.11. The number of carbonyl (C=O) groups excluding carboxylic acids is 1. The molecule has 126 valence electrons. The molecule has 0 bridgehead atoms. The average molecular weight is 395 g/mol. The Morgan fingerprint density at radius 2 is 1.48 bits per heavy atom. The van der Waals surface area contributed by atoms with Gasteiger partial charge in [0.2, 0.25) is 0 Å². The van der Waals surface area contributed by atoms with E-state index in [1.165, 1.54) is 4.46 Å². The summed E-state index contributed by atoms with van der Waals surface area (Å²) in [6.07, 6.45) is 0. The Bertz CT molecular complexity index is 798. The van der Waals surface area contributed by atoms with Crippen LogP contribution in [0.4, 0.5) is 0 Å². The van der Waals surface area contributed by atoms with E-state index < -0.39 is 0 Å². The molecule has 0 saturated heterocycles. The Kier molecular flexibility index (Phi) is 6.05. The Balaban J connectivity index is 1.85. The van der Waals surface area contributed by atoms with E-state index in [9.17, 15) is 4.79 Å². The third kappa shape index (κ3) is 4.60. The third-order valence-electron chi connectivity index (χ3n) is 4.05. The summed E-state index contributed by atoms with van der Waals surface area (Å²) in [4.78, 5) is 13.1. The summed E-state index contributed by atoms with van der Waals surface area (Å²) >= 11 is 0.246. The van der Waals surface area contributed by atoms with Gasteiger partial charge in [0.25, 0.3) is 0 Å². The quantitative estimate of drug-likeness (QED) is 0.445. The first kappa shape index (κ1) is 17.5. The van der Waals surface area contributed by atoms with Crippen molar-refractivity contribution < 1.29 is 9.53 Å². The van der Waals surface area contributed by atoms with E-state index in [1.54, 1.807) is 7.11 Å². The first-order valence-corrected chi connectivity index (χ1v) is 10.3. The van der Waals surface area contributed by atoms with Crippen molar-refractivity contribution in [1.29, 1.82) is 0 Å². The van der Waals surface area contributed by atoms with Gasteiger partial charge in [0.05, 0.1) is 0 Å². The SMILES string of the molecule is COc1ccc(C(C[Se]c2ccccc2)C(=O)c2ccccc2)cc1. The molecule has 1 atom stereocenters. The molecule has 3 aromatic rings. The Labute approximate surface area is 155 Å². The number of benzene rings is 3. The standard InChI is InChI=1S/C22H20O2Se/c1-24-19-14-12-17(13-15-19)21(16-25-20-10-6-3-7-11-20)22(23)18-8-4-2-5-9-18/h2-15,21H,16H2,1H3. The number of methoxy groups -OCH3 is 1. The summed E-state index contributed by atoms with van der Waals surface area (Å²) < 4.78 is 6.56. The summed E-state index contributed by atoms with van der Waals surface area (Å²) in [5.41, 5.74) is 1.82. The van der Waals surface area contributed by atoms with E-state index in [1.807, 2.05) is 60.7 Å². The molecule has 1 unspecified atom stereocenters. The first-order valence-electron chi connectivity index (χ1n) is 8.19. The van der Waals surface area contributed by atoms with Crippen LogP contribution in [0.3, 0.4) is 0 Å². The van der Waals surface area contributed by atoms with Gasteiger partial charge in [0, 0.05) is 0 Å². The molecule has 0 aromatic heterocycles. The van der Waals surface area contributed by atoms with Crippen molar-refractivity contribution in [3.8, 4) is 5.75 Å². The molecule has 0 saturated carbocycles. The van der Waals surface area contributed by atoms with Crippen LogP contribution < -0.4 is 9.20 Å². The van der Waals surface area contributed by atoms with Gasteiger partial charge in [0.1, 0.15) is 0 Å². The molecule has 0 aliphatic rings. The van der Waals surface area contributed by atoms with Crippen molar-refractivity contribution in [2.45, 2.75) is 11.2 Å². The molecule has 25 heavy (non-hydrogen) atoms. The number of Topliss-reactive ketones (excluding diaryl/α,β-unsaturated/α-hetero) is 1. The number of ether oxygens (including phenoxy) is 1. The molecule has 3 rings (SSSR count). The number of carbonyl (C=O) groups is 1. The second-order valence-electron chi connectivity index (χ2n) is 5.68. The monoisotopic (exact) mass is 396 g/mol. The summed E-state index contributed by atoms with van der Waals surface area (Å²) in [5.74, 6) is 0.861. The van der Waals surface area contributed by atoms with E-state index >= 15 is 0 Å². The molecular weight excluding hydrogens is 375 g/mol. The van der Waals surface area contributed by atoms with Gasteiger partial charge in [-0.1, -0.05) is 0 Å². The van der Waals surface area contributed by atoms with E-state index in [-0.39, 0.29) is 26.7 Å². The van der Waals surface area contributed by atoms with E-state index in [0.29, 0.717) is 0 Å². The van der Waals surface area contributed by atoms with Crippen molar-refractivity contribution >= 4 is 25.2 Å². The van der Waals surface area contributed by atoms with Crippen molar-refractivity contribution in [3.05, 3.63) is 96.1 Å². The van der Waals surface area contributed by atoms with Gasteiger partial charge in [-0.15, -0.1) is 0 Å². The van der Waals surface area contributed by atoms with Crippen LogP contribution in [-0.2, 0) is 0 Å². The number of rotatable bonds is 7. The van der Waals surface area contributed by atoms with Crippen molar-refractivity contribution in [1.82, 2.24) is 0 Å². The predicted molar refractivity (Wildman–Crippen MR) is 103 cm³/mol. The van der Waals surface area contributed by atoms with Crippen LogP contribution in [0.1, 0.15) is 21.8 Å². The Morgan fingerprint density at radius 3 is 2.08 bits per heavy atom. The zero-order valence-electron chi connectivity index (χ0n) is 14.1. The van der Waals surface area contributed by atoms with Crippen LogP contribution in [0.25, 0.3) is 0 Å². The maximum absolute atomic E-state index is 13.1. The minimum absolute atomic E-state index is 0.131. The first-order chi connectivity index (χ1) is 12.3. The Hall–Kier alpha value is -2.35. The molecule has 3 heteroatoms. The van der Waals surface area contributed by atoms with Crippen LogP contribution in [0, 0.1) is 0 Å². The molecule has 0 N–H and O–H groups in total. The number of hydrogen-bond donors (Lipinski definition) is 0. The molecule has 3 aromatic carbocycles. The molecule has 0 heterocycles. The van der Waals surface area contributed by atoms with Crippen molar-refractivity contribution in [2.24, 2.45) is 0 Å². The van der Waals surface area contributed by atoms with Crippen LogP contribution in [0.5, 0.6) is 5.75 Å². The number of hydrogen-bond acceptors (Lipinski definition) is 2. The fraction of sp³-hybridized carbons (Fsp3) is 0.136. The summed E-state index contributed by atoms with van der Waals surface area (Å²) in [6, 6.07) is 27.8. The molecule has 0 aliphatic carbocycles. The van der Waals surface area contributed by atoms with E-state index in [2.05, 4.69) is 24.3 Å². The summed E-state index contributed by atoms with van der Waals surface area (Å²) in [5, 5.41) is 0.844. The van der Waals surface area contributed by atoms with E-state index in [4.69, 9.17) is 4.74 Å². The maximum atomic E-state index is 13.1. The van der Waals surface area contributed by atoms with Crippen LogP contribution in [-0.4, -0.2) is 27.8 Å². The fourth-order valence-electron chi connectivity index (χ4n) is 2.66. The van der Waals surface area contributed by atoms with Crippen LogP contribution in [0.2, 0.25) is 5.32 Å². The zero-order chi connectivity index (χ0) is 17.5. The molecule has 0 amide bonds. The van der Waals surface area contributed by atoms with Gasteiger partial charge in [-0.2, -0.15) is 0 Å². The molecule has 2 nitrogen and oxygen atoms in total. The van der Waals surface area contributed by atoms with Crippen molar-refractivity contribution in [2.75, 3.05) is 7.11 Å². The van der Waals surface area contributed by atoms with Gasteiger partial charge in [-0.25, -0.2) is 0 Å². The van der Waals surface area contributed by atoms with Crippen molar-refractivity contribution in [3.63, 3.8) is 0 Å². The number of ketones is 1. The molecule has 0 aliphatic heterocycles. The summed E-state index contributed by atoms with van der Waals surface area (Å²) in [6.45, 7) is 0. The van der Waals surface area contributed by atoms with E-state index in [0.717, 1.165) is 22.2 Å². The second kappa shape index (κ2) is 8.66. The van der Waals surface area contributed by atoms with Gasteiger partial charge in [-0.05, 0) is 0 Å².